The van der Waals surface area contributed by atoms with Crippen LogP contribution in [0.4, 0.5) is 5.82 Å². The van der Waals surface area contributed by atoms with Crippen molar-refractivity contribution in [2.75, 3.05) is 11.9 Å². The summed E-state index contributed by atoms with van der Waals surface area (Å²) in [6.45, 7) is 0.841. The third-order valence-corrected chi connectivity index (χ3v) is 4.62. The first-order chi connectivity index (χ1) is 9.75. The zero-order valence-corrected chi connectivity index (χ0v) is 11.5. The Bertz CT molecular complexity index is 640. The van der Waals surface area contributed by atoms with Gasteiger partial charge in [0.1, 0.15) is 5.52 Å². The van der Waals surface area contributed by atoms with Crippen molar-refractivity contribution in [1.29, 1.82) is 0 Å². The van der Waals surface area contributed by atoms with Gasteiger partial charge in [-0.15, -0.1) is 0 Å². The van der Waals surface area contributed by atoms with E-state index in [0.29, 0.717) is 5.92 Å². The van der Waals surface area contributed by atoms with Gasteiger partial charge in [0.25, 0.3) is 0 Å². The van der Waals surface area contributed by atoms with E-state index in [2.05, 4.69) is 15.3 Å². The van der Waals surface area contributed by atoms with Crippen LogP contribution in [0.15, 0.2) is 18.6 Å². The molecule has 106 valence electrons. The van der Waals surface area contributed by atoms with Gasteiger partial charge in [0.05, 0.1) is 24.0 Å². The molecule has 4 atom stereocenters. The number of nitrogens with zero attached hydrogens (tertiary/aromatic N) is 3. The van der Waals surface area contributed by atoms with Crippen molar-refractivity contribution in [2.45, 2.75) is 31.0 Å². The van der Waals surface area contributed by atoms with Crippen molar-refractivity contribution >= 4 is 16.9 Å². The van der Waals surface area contributed by atoms with Crippen LogP contribution < -0.4 is 11.1 Å². The SMILES string of the molecule is Cn1cnc2c(NC3C(N)C4CCCOC43)nccc21. The highest BCUT2D eigenvalue weighted by Crippen LogP contribution is 2.38. The van der Waals surface area contributed by atoms with E-state index in [1.54, 1.807) is 12.5 Å². The van der Waals surface area contributed by atoms with E-state index in [-0.39, 0.29) is 18.2 Å². The molecule has 3 heterocycles. The normalized spacial score (nSPS) is 32.7. The highest BCUT2D eigenvalue weighted by atomic mass is 16.5. The van der Waals surface area contributed by atoms with E-state index >= 15 is 0 Å². The molecular weight excluding hydrogens is 254 g/mol. The van der Waals surface area contributed by atoms with Crippen LogP contribution in [0, 0.1) is 5.92 Å². The predicted octanol–water partition coefficient (Wildman–Crippen LogP) is 0.885. The summed E-state index contributed by atoms with van der Waals surface area (Å²) in [6, 6.07) is 2.25. The van der Waals surface area contributed by atoms with Crippen LogP contribution in [0.2, 0.25) is 0 Å². The Balaban J connectivity index is 1.62. The number of aryl methyl sites for hydroxylation is 1. The largest absolute Gasteiger partial charge is 0.376 e. The number of imidazole rings is 1. The molecule has 4 rings (SSSR count). The fourth-order valence-electron chi connectivity index (χ4n) is 3.45. The van der Waals surface area contributed by atoms with Crippen molar-refractivity contribution < 1.29 is 4.74 Å². The van der Waals surface area contributed by atoms with Crippen molar-refractivity contribution in [2.24, 2.45) is 18.7 Å². The molecule has 0 spiro atoms. The maximum Gasteiger partial charge on any atom is 0.154 e. The molecule has 1 saturated heterocycles. The van der Waals surface area contributed by atoms with Crippen molar-refractivity contribution in [3.05, 3.63) is 18.6 Å². The van der Waals surface area contributed by atoms with Gasteiger partial charge < -0.3 is 20.4 Å². The van der Waals surface area contributed by atoms with Crippen LogP contribution in [-0.4, -0.2) is 39.3 Å². The summed E-state index contributed by atoms with van der Waals surface area (Å²) in [4.78, 5) is 8.83. The lowest BCUT2D eigenvalue weighted by atomic mass is 9.68. The minimum Gasteiger partial charge on any atom is -0.376 e. The Morgan fingerprint density at radius 3 is 3.25 bits per heavy atom. The van der Waals surface area contributed by atoms with E-state index in [9.17, 15) is 0 Å². The average molecular weight is 273 g/mol. The number of rotatable bonds is 2. The lowest BCUT2D eigenvalue weighted by Gasteiger charge is -2.52. The fraction of sp³-hybridized carbons (Fsp3) is 0.571. The third kappa shape index (κ3) is 1.65. The van der Waals surface area contributed by atoms with E-state index in [1.807, 2.05) is 17.7 Å². The van der Waals surface area contributed by atoms with Gasteiger partial charge in [-0.2, -0.15) is 0 Å². The predicted molar refractivity (Wildman–Crippen MR) is 76.4 cm³/mol. The first kappa shape index (κ1) is 12.1. The van der Waals surface area contributed by atoms with E-state index in [4.69, 9.17) is 10.5 Å². The summed E-state index contributed by atoms with van der Waals surface area (Å²) in [5.41, 5.74) is 8.24. The van der Waals surface area contributed by atoms with Gasteiger partial charge >= 0.3 is 0 Å². The summed E-state index contributed by atoms with van der Waals surface area (Å²) in [5.74, 6) is 1.29. The first-order valence-corrected chi connectivity index (χ1v) is 7.15. The molecule has 1 saturated carbocycles. The molecule has 0 aromatic carbocycles. The topological polar surface area (TPSA) is 78.0 Å². The number of pyridine rings is 1. The number of aromatic nitrogens is 3. The van der Waals surface area contributed by atoms with Crippen LogP contribution in [0.1, 0.15) is 12.8 Å². The van der Waals surface area contributed by atoms with Crippen molar-refractivity contribution in [3.8, 4) is 0 Å². The highest BCUT2D eigenvalue weighted by molar-refractivity contribution is 5.85. The quantitative estimate of drug-likeness (QED) is 0.849. The zero-order valence-electron chi connectivity index (χ0n) is 11.5. The minimum atomic E-state index is 0.139. The first-order valence-electron chi connectivity index (χ1n) is 7.15. The highest BCUT2D eigenvalue weighted by Gasteiger charge is 2.50. The van der Waals surface area contributed by atoms with Crippen LogP contribution in [0.5, 0.6) is 0 Å². The summed E-state index contributed by atoms with van der Waals surface area (Å²) >= 11 is 0. The molecule has 3 N–H and O–H groups in total. The van der Waals surface area contributed by atoms with Crippen LogP contribution in [0.25, 0.3) is 11.0 Å². The third-order valence-electron chi connectivity index (χ3n) is 4.62. The number of nitrogens with two attached hydrogens (primary N) is 1. The maximum atomic E-state index is 6.28. The van der Waals surface area contributed by atoms with Crippen LogP contribution in [0.3, 0.4) is 0 Å². The lowest BCUT2D eigenvalue weighted by Crippen LogP contribution is -2.69. The summed E-state index contributed by atoms with van der Waals surface area (Å²) < 4.78 is 7.84. The number of ether oxygens (including phenoxy) is 1. The Kier molecular flexibility index (Phi) is 2.68. The molecule has 2 aromatic heterocycles. The smallest absolute Gasteiger partial charge is 0.154 e. The second-order valence-corrected chi connectivity index (χ2v) is 5.77. The molecule has 6 nitrogen and oxygen atoms in total. The molecule has 20 heavy (non-hydrogen) atoms. The monoisotopic (exact) mass is 273 g/mol. The van der Waals surface area contributed by atoms with Gasteiger partial charge in [-0.25, -0.2) is 9.97 Å². The number of hydrogen-bond donors (Lipinski definition) is 2. The molecule has 0 radical (unpaired) electrons. The minimum absolute atomic E-state index is 0.139. The Morgan fingerprint density at radius 1 is 1.45 bits per heavy atom. The second kappa shape index (κ2) is 4.43. The number of hydrogen-bond acceptors (Lipinski definition) is 5. The molecule has 0 amide bonds. The van der Waals surface area contributed by atoms with Crippen molar-refractivity contribution in [1.82, 2.24) is 14.5 Å². The lowest BCUT2D eigenvalue weighted by molar-refractivity contribution is -0.104. The maximum absolute atomic E-state index is 6.28. The molecule has 1 aliphatic heterocycles. The Labute approximate surface area is 117 Å². The van der Waals surface area contributed by atoms with Gasteiger partial charge in [-0.05, 0) is 18.9 Å². The van der Waals surface area contributed by atoms with Crippen LogP contribution in [-0.2, 0) is 11.8 Å². The number of anilines is 1. The molecule has 1 aliphatic carbocycles. The van der Waals surface area contributed by atoms with E-state index in [1.165, 1.54) is 6.42 Å². The Hall–Kier alpha value is -1.66. The van der Waals surface area contributed by atoms with E-state index in [0.717, 1.165) is 29.9 Å². The zero-order chi connectivity index (χ0) is 13.7. The molecule has 2 fully saturated rings. The Morgan fingerprint density at radius 2 is 2.35 bits per heavy atom. The number of nitrogens with one attached hydrogen (secondary N) is 1. The summed E-state index contributed by atoms with van der Waals surface area (Å²) in [6.07, 6.45) is 6.12. The summed E-state index contributed by atoms with van der Waals surface area (Å²) in [7, 11) is 1.98. The average Bonchev–Trinajstić information content (AvgIpc) is 2.87. The standard InChI is InChI=1S/C14H19N5O/c1-19-7-17-11-9(19)4-5-16-14(11)18-12-10(15)8-3-2-6-20-13(8)12/h4-5,7-8,10,12-13H,2-3,6,15H2,1H3,(H,16,18). The van der Waals surface area contributed by atoms with Crippen LogP contribution >= 0.6 is 0 Å². The number of fused-ring (bicyclic) bond motifs is 2. The molecule has 4 unspecified atom stereocenters. The molecule has 2 aliphatic rings. The van der Waals surface area contributed by atoms with Gasteiger partial charge in [0.2, 0.25) is 0 Å². The van der Waals surface area contributed by atoms with Gasteiger partial charge in [-0.3, -0.25) is 0 Å². The molecule has 0 bridgehead atoms. The van der Waals surface area contributed by atoms with Gasteiger partial charge in [0, 0.05) is 31.8 Å². The van der Waals surface area contributed by atoms with Gasteiger partial charge in [0.15, 0.2) is 5.82 Å². The van der Waals surface area contributed by atoms with Gasteiger partial charge in [-0.1, -0.05) is 0 Å². The second-order valence-electron chi connectivity index (χ2n) is 5.77. The molecular formula is C14H19N5O. The van der Waals surface area contributed by atoms with Crippen molar-refractivity contribution in [3.63, 3.8) is 0 Å². The molecule has 6 heteroatoms. The fourth-order valence-corrected chi connectivity index (χ4v) is 3.45. The molecule has 2 aromatic rings. The summed E-state index contributed by atoms with van der Waals surface area (Å²) in [5, 5.41) is 3.45. The van der Waals surface area contributed by atoms with E-state index < -0.39 is 0 Å².